The lowest BCUT2D eigenvalue weighted by Crippen LogP contribution is -2.38. The summed E-state index contributed by atoms with van der Waals surface area (Å²) in [5.74, 6) is 1.48. The van der Waals surface area contributed by atoms with Crippen LogP contribution in [0.4, 0.5) is 4.79 Å². The number of nitrogens with one attached hydrogen (secondary N) is 2. The number of aromatic amines is 1. The molecule has 0 unspecified atom stereocenters. The Hall–Kier alpha value is -2.06. The van der Waals surface area contributed by atoms with Gasteiger partial charge in [-0.3, -0.25) is 4.79 Å². The molecule has 31 heavy (non-hydrogen) atoms. The van der Waals surface area contributed by atoms with Gasteiger partial charge in [-0.15, -0.1) is 0 Å². The number of fused-ring (bicyclic) bond motifs is 1. The molecule has 1 aliphatic rings. The average molecular weight is 447 g/mol. The Bertz CT molecular complexity index is 946. The van der Waals surface area contributed by atoms with Crippen LogP contribution in [0, 0.1) is 6.92 Å². The summed E-state index contributed by atoms with van der Waals surface area (Å²) >= 11 is 1.88. The van der Waals surface area contributed by atoms with Crippen molar-refractivity contribution in [1.29, 1.82) is 0 Å². The summed E-state index contributed by atoms with van der Waals surface area (Å²) in [4.78, 5) is 34.1. The number of ether oxygens (including phenoxy) is 1. The number of carbonyl (C=O) groups excluding carboxylic acids is 1. The number of aromatic nitrogens is 2. The molecule has 0 aliphatic carbocycles. The van der Waals surface area contributed by atoms with Crippen molar-refractivity contribution in [3.8, 4) is 0 Å². The second-order valence-corrected chi connectivity index (χ2v) is 10.4. The quantitative estimate of drug-likeness (QED) is 0.629. The van der Waals surface area contributed by atoms with Gasteiger partial charge >= 0.3 is 6.09 Å². The van der Waals surface area contributed by atoms with Crippen LogP contribution in [0.15, 0.2) is 23.0 Å². The molecule has 0 spiro atoms. The highest BCUT2D eigenvalue weighted by molar-refractivity contribution is 7.99. The highest BCUT2D eigenvalue weighted by Gasteiger charge is 2.20. The van der Waals surface area contributed by atoms with E-state index in [2.05, 4.69) is 20.2 Å². The largest absolute Gasteiger partial charge is 0.444 e. The summed E-state index contributed by atoms with van der Waals surface area (Å²) < 4.78 is 5.25. The number of likely N-dealkylation sites (tertiary alicyclic amines) is 1. The summed E-state index contributed by atoms with van der Waals surface area (Å²) in [5, 5.41) is 4.05. The van der Waals surface area contributed by atoms with Gasteiger partial charge in [-0.05, 0) is 78.2 Å². The van der Waals surface area contributed by atoms with Crippen LogP contribution in [0.2, 0.25) is 0 Å². The number of benzene rings is 1. The molecule has 0 radical (unpaired) electrons. The van der Waals surface area contributed by atoms with Crippen molar-refractivity contribution in [2.45, 2.75) is 63.6 Å². The number of piperidine rings is 1. The fraction of sp³-hybridized carbons (Fsp3) is 0.609. The number of rotatable bonds is 7. The highest BCUT2D eigenvalue weighted by Crippen LogP contribution is 2.26. The van der Waals surface area contributed by atoms with Gasteiger partial charge in [-0.25, -0.2) is 9.78 Å². The summed E-state index contributed by atoms with van der Waals surface area (Å²) in [5.41, 5.74) is 1.32. The van der Waals surface area contributed by atoms with Gasteiger partial charge in [0.1, 0.15) is 11.4 Å². The molecule has 1 aromatic carbocycles. The van der Waals surface area contributed by atoms with E-state index in [0.717, 1.165) is 61.6 Å². The van der Waals surface area contributed by atoms with E-state index in [1.54, 1.807) is 0 Å². The Balaban J connectivity index is 1.37. The van der Waals surface area contributed by atoms with Gasteiger partial charge in [0.05, 0.1) is 16.7 Å². The van der Waals surface area contributed by atoms with Crippen LogP contribution in [0.3, 0.4) is 0 Å². The molecular formula is C23H34N4O3S. The second-order valence-electron chi connectivity index (χ2n) is 9.12. The number of alkyl carbamates (subject to hydrolysis) is 1. The summed E-state index contributed by atoms with van der Waals surface area (Å²) in [6.07, 6.45) is 2.82. The van der Waals surface area contributed by atoms with E-state index in [1.807, 2.05) is 57.7 Å². The van der Waals surface area contributed by atoms with Crippen LogP contribution < -0.4 is 10.9 Å². The zero-order chi connectivity index (χ0) is 22.4. The normalized spacial score (nSPS) is 15.9. The van der Waals surface area contributed by atoms with Crippen molar-refractivity contribution >= 4 is 28.8 Å². The van der Waals surface area contributed by atoms with E-state index in [1.165, 1.54) is 0 Å². The smallest absolute Gasteiger partial charge is 0.407 e. The molecule has 8 heteroatoms. The molecule has 1 aromatic heterocycles. The number of thioether (sulfide) groups is 1. The number of carbonyl (C=O) groups is 1. The first-order chi connectivity index (χ1) is 14.7. The maximum Gasteiger partial charge on any atom is 0.407 e. The van der Waals surface area contributed by atoms with Crippen molar-refractivity contribution in [2.75, 3.05) is 26.2 Å². The van der Waals surface area contributed by atoms with E-state index < -0.39 is 5.60 Å². The lowest BCUT2D eigenvalue weighted by molar-refractivity contribution is 0.0525. The Morgan fingerprint density at radius 1 is 1.32 bits per heavy atom. The number of hydrogen-bond donors (Lipinski definition) is 2. The Morgan fingerprint density at radius 2 is 2.06 bits per heavy atom. The molecule has 0 bridgehead atoms. The van der Waals surface area contributed by atoms with Gasteiger partial charge in [0, 0.05) is 11.8 Å². The van der Waals surface area contributed by atoms with Gasteiger partial charge in [0.2, 0.25) is 0 Å². The molecule has 1 amide bonds. The van der Waals surface area contributed by atoms with Gasteiger partial charge in [-0.1, -0.05) is 12.1 Å². The molecule has 1 fully saturated rings. The molecule has 1 aliphatic heterocycles. The number of amides is 1. The minimum atomic E-state index is -0.460. The molecule has 0 atom stereocenters. The van der Waals surface area contributed by atoms with Gasteiger partial charge in [-0.2, -0.15) is 11.8 Å². The van der Waals surface area contributed by atoms with Crippen molar-refractivity contribution in [3.05, 3.63) is 39.9 Å². The summed E-state index contributed by atoms with van der Waals surface area (Å²) in [6.45, 7) is 11.3. The van der Waals surface area contributed by atoms with E-state index in [0.29, 0.717) is 17.2 Å². The fourth-order valence-electron chi connectivity index (χ4n) is 3.72. The van der Waals surface area contributed by atoms with Crippen LogP contribution in [0.25, 0.3) is 10.9 Å². The van der Waals surface area contributed by atoms with Gasteiger partial charge in [0.15, 0.2) is 0 Å². The Kier molecular flexibility index (Phi) is 8.00. The SMILES string of the molecule is Cc1cccc2c(=O)[nH]c(CSC3CCN(CCCNC(=O)OC(C)(C)C)CC3)nc12. The lowest BCUT2D eigenvalue weighted by atomic mass is 10.1. The second kappa shape index (κ2) is 10.5. The molecule has 7 nitrogen and oxygen atoms in total. The average Bonchev–Trinajstić information content (AvgIpc) is 2.70. The van der Waals surface area contributed by atoms with Crippen LogP contribution in [-0.4, -0.2) is 58.0 Å². The predicted octanol–water partition coefficient (Wildman–Crippen LogP) is 3.84. The van der Waals surface area contributed by atoms with Gasteiger partial charge in [0.25, 0.3) is 5.56 Å². The first kappa shape index (κ1) is 23.6. The van der Waals surface area contributed by atoms with E-state index in [9.17, 15) is 9.59 Å². The van der Waals surface area contributed by atoms with Crippen molar-refractivity contribution < 1.29 is 9.53 Å². The maximum absolute atomic E-state index is 12.3. The van der Waals surface area contributed by atoms with Crippen molar-refractivity contribution in [1.82, 2.24) is 20.2 Å². The number of aryl methyl sites for hydroxylation is 1. The molecule has 1 saturated heterocycles. The number of hydrogen-bond acceptors (Lipinski definition) is 6. The molecular weight excluding hydrogens is 412 g/mol. The Morgan fingerprint density at radius 3 is 2.77 bits per heavy atom. The van der Waals surface area contributed by atoms with E-state index in [4.69, 9.17) is 4.74 Å². The number of nitrogens with zero attached hydrogens (tertiary/aromatic N) is 2. The first-order valence-corrected chi connectivity index (χ1v) is 12.1. The standard InChI is InChI=1S/C23H34N4O3S/c1-16-7-5-8-18-20(16)25-19(26-21(18)28)15-31-17-9-13-27(14-10-17)12-6-11-24-22(29)30-23(2,3)4/h5,7-8,17H,6,9-15H2,1-4H3,(H,24,29)(H,25,26,28). The number of H-pyrrole nitrogens is 1. The van der Waals surface area contributed by atoms with Crippen molar-refractivity contribution in [2.24, 2.45) is 0 Å². The van der Waals surface area contributed by atoms with Crippen LogP contribution in [-0.2, 0) is 10.5 Å². The maximum atomic E-state index is 12.3. The molecule has 3 rings (SSSR count). The zero-order valence-corrected chi connectivity index (χ0v) is 19.8. The fourth-order valence-corrected chi connectivity index (χ4v) is 4.80. The van der Waals surface area contributed by atoms with E-state index >= 15 is 0 Å². The van der Waals surface area contributed by atoms with Crippen LogP contribution >= 0.6 is 11.8 Å². The Labute approximate surface area is 188 Å². The molecule has 2 heterocycles. The third-order valence-electron chi connectivity index (χ3n) is 5.30. The van der Waals surface area contributed by atoms with Crippen LogP contribution in [0.1, 0.15) is 51.4 Å². The predicted molar refractivity (Wildman–Crippen MR) is 127 cm³/mol. The summed E-state index contributed by atoms with van der Waals surface area (Å²) in [7, 11) is 0. The van der Waals surface area contributed by atoms with Gasteiger partial charge < -0.3 is 19.9 Å². The molecule has 0 saturated carbocycles. The zero-order valence-electron chi connectivity index (χ0n) is 19.0. The third kappa shape index (κ3) is 7.25. The monoisotopic (exact) mass is 446 g/mol. The lowest BCUT2D eigenvalue weighted by Gasteiger charge is -2.31. The molecule has 2 aromatic rings. The van der Waals surface area contributed by atoms with E-state index in [-0.39, 0.29) is 11.7 Å². The molecule has 170 valence electrons. The van der Waals surface area contributed by atoms with Crippen molar-refractivity contribution in [3.63, 3.8) is 0 Å². The minimum Gasteiger partial charge on any atom is -0.444 e. The number of para-hydroxylation sites is 1. The van der Waals surface area contributed by atoms with Crippen LogP contribution in [0.5, 0.6) is 0 Å². The third-order valence-corrected chi connectivity index (χ3v) is 6.68. The topological polar surface area (TPSA) is 87.3 Å². The molecule has 2 N–H and O–H groups in total. The summed E-state index contributed by atoms with van der Waals surface area (Å²) in [6, 6.07) is 5.71. The minimum absolute atomic E-state index is 0.0564. The first-order valence-electron chi connectivity index (χ1n) is 11.0. The highest BCUT2D eigenvalue weighted by atomic mass is 32.2.